The number of aliphatic hydroxyl groups excluding tert-OH is 1. The fraction of sp³-hybridized carbons (Fsp3) is 0.500. The van der Waals surface area contributed by atoms with E-state index in [0.717, 1.165) is 5.56 Å². The smallest absolute Gasteiger partial charge is 0.179 e. The maximum Gasteiger partial charge on any atom is 0.179 e. The van der Waals surface area contributed by atoms with Crippen LogP contribution < -0.4 is 9.47 Å². The molecule has 0 aromatic heterocycles. The van der Waals surface area contributed by atoms with Crippen LogP contribution in [0.15, 0.2) is 12.1 Å². The molecule has 1 aromatic rings. The molecule has 1 N–H and O–H groups in total. The molecule has 0 fully saturated rings. The van der Waals surface area contributed by atoms with Gasteiger partial charge in [-0.2, -0.15) is 0 Å². The van der Waals surface area contributed by atoms with Crippen molar-refractivity contribution in [3.8, 4) is 11.5 Å². The monoisotopic (exact) mass is 242 g/mol. The summed E-state index contributed by atoms with van der Waals surface area (Å²) in [5.74, 6) is 1.16. The zero-order valence-electron chi connectivity index (χ0n) is 9.58. The molecule has 3 nitrogen and oxygen atoms in total. The van der Waals surface area contributed by atoms with Gasteiger partial charge < -0.3 is 14.6 Å². The van der Waals surface area contributed by atoms with E-state index in [9.17, 15) is 5.11 Å². The topological polar surface area (TPSA) is 38.7 Å². The van der Waals surface area contributed by atoms with Crippen molar-refractivity contribution in [3.05, 3.63) is 22.7 Å². The number of benzene rings is 1. The highest BCUT2D eigenvalue weighted by Crippen LogP contribution is 2.42. The minimum atomic E-state index is -0.573. The van der Waals surface area contributed by atoms with E-state index in [0.29, 0.717) is 23.1 Å². The van der Waals surface area contributed by atoms with E-state index in [1.54, 1.807) is 19.1 Å². The van der Waals surface area contributed by atoms with Crippen molar-refractivity contribution in [1.82, 2.24) is 0 Å². The maximum absolute atomic E-state index is 9.52. The highest BCUT2D eigenvalue weighted by Gasteiger charge is 2.30. The van der Waals surface area contributed by atoms with Crippen LogP contribution in [-0.2, 0) is 0 Å². The highest BCUT2D eigenvalue weighted by molar-refractivity contribution is 6.32. The zero-order valence-corrected chi connectivity index (χ0v) is 10.3. The first-order chi connectivity index (χ1) is 7.39. The molecular weight excluding hydrogens is 228 g/mol. The lowest BCUT2D eigenvalue weighted by Gasteiger charge is -2.33. The number of hydrogen-bond acceptors (Lipinski definition) is 3. The van der Waals surface area contributed by atoms with Crippen molar-refractivity contribution in [1.29, 1.82) is 0 Å². The molecule has 16 heavy (non-hydrogen) atoms. The van der Waals surface area contributed by atoms with Crippen LogP contribution in [0.2, 0.25) is 5.02 Å². The second-order valence-electron chi connectivity index (χ2n) is 4.66. The summed E-state index contributed by atoms with van der Waals surface area (Å²) < 4.78 is 11.3. The van der Waals surface area contributed by atoms with Gasteiger partial charge in [0.15, 0.2) is 11.5 Å². The average Bonchev–Trinajstić information content (AvgIpc) is 2.14. The van der Waals surface area contributed by atoms with Crippen LogP contribution in [0.5, 0.6) is 11.5 Å². The van der Waals surface area contributed by atoms with Gasteiger partial charge in [-0.25, -0.2) is 0 Å². The molecular formula is C12H15ClO3. The van der Waals surface area contributed by atoms with Gasteiger partial charge >= 0.3 is 0 Å². The molecule has 88 valence electrons. The fourth-order valence-electron chi connectivity index (χ4n) is 1.62. The first kappa shape index (κ1) is 11.6. The third kappa shape index (κ3) is 2.11. The van der Waals surface area contributed by atoms with Gasteiger partial charge in [-0.1, -0.05) is 11.6 Å². The zero-order chi connectivity index (χ0) is 11.9. The molecule has 4 heteroatoms. The Labute approximate surface area is 99.9 Å². The fourth-order valence-corrected chi connectivity index (χ4v) is 1.89. The normalized spacial score (nSPS) is 19.3. The van der Waals surface area contributed by atoms with Gasteiger partial charge in [0.05, 0.1) is 11.1 Å². The summed E-state index contributed by atoms with van der Waals surface area (Å²) in [6.45, 7) is 6.04. The number of rotatable bonds is 1. The van der Waals surface area contributed by atoms with Gasteiger partial charge in [0, 0.05) is 0 Å². The van der Waals surface area contributed by atoms with E-state index in [4.69, 9.17) is 21.1 Å². The van der Waals surface area contributed by atoms with Crippen molar-refractivity contribution in [2.45, 2.75) is 32.5 Å². The van der Waals surface area contributed by atoms with Crippen molar-refractivity contribution < 1.29 is 14.6 Å². The molecule has 1 atom stereocenters. The first-order valence-electron chi connectivity index (χ1n) is 5.22. The van der Waals surface area contributed by atoms with Gasteiger partial charge in [0.1, 0.15) is 12.2 Å². The van der Waals surface area contributed by atoms with E-state index >= 15 is 0 Å². The Balaban J connectivity index is 2.45. The lowest BCUT2D eigenvalue weighted by molar-refractivity contribution is 0.0210. The van der Waals surface area contributed by atoms with Crippen molar-refractivity contribution in [3.63, 3.8) is 0 Å². The Bertz CT molecular complexity index is 413. The Morgan fingerprint density at radius 3 is 2.75 bits per heavy atom. The van der Waals surface area contributed by atoms with Crippen molar-refractivity contribution >= 4 is 11.6 Å². The molecule has 1 heterocycles. The lowest BCUT2D eigenvalue weighted by Crippen LogP contribution is -2.38. The summed E-state index contributed by atoms with van der Waals surface area (Å²) in [5.41, 5.74) is 0.359. The van der Waals surface area contributed by atoms with E-state index in [1.165, 1.54) is 0 Å². The number of fused-ring (bicyclic) bond motifs is 1. The Morgan fingerprint density at radius 2 is 2.12 bits per heavy atom. The minimum absolute atomic E-state index is 0.367. The summed E-state index contributed by atoms with van der Waals surface area (Å²) in [4.78, 5) is 0. The minimum Gasteiger partial charge on any atom is -0.484 e. The standard InChI is InChI=1S/C12H15ClO3/c1-7(14)8-4-9(13)11-10(5-8)16-12(2,3)6-15-11/h4-5,7,14H,6H2,1-3H3. The molecule has 1 unspecified atom stereocenters. The first-order valence-corrected chi connectivity index (χ1v) is 5.60. The van der Waals surface area contributed by atoms with Gasteiger partial charge in [-0.15, -0.1) is 0 Å². The quantitative estimate of drug-likeness (QED) is 0.823. The van der Waals surface area contributed by atoms with Crippen LogP contribution in [0.25, 0.3) is 0 Å². The molecule has 0 saturated carbocycles. The van der Waals surface area contributed by atoms with Crippen LogP contribution in [0.1, 0.15) is 32.4 Å². The lowest BCUT2D eigenvalue weighted by atomic mass is 10.1. The van der Waals surface area contributed by atoms with Crippen LogP contribution in [0.4, 0.5) is 0 Å². The van der Waals surface area contributed by atoms with Crippen LogP contribution in [0, 0.1) is 0 Å². The van der Waals surface area contributed by atoms with Crippen molar-refractivity contribution in [2.75, 3.05) is 6.61 Å². The molecule has 0 saturated heterocycles. The third-order valence-electron chi connectivity index (χ3n) is 2.46. The third-order valence-corrected chi connectivity index (χ3v) is 2.75. The summed E-state index contributed by atoms with van der Waals surface area (Å²) in [6, 6.07) is 3.47. The van der Waals surface area contributed by atoms with Gasteiger partial charge in [-0.05, 0) is 38.5 Å². The Hall–Kier alpha value is -0.930. The SMILES string of the molecule is CC(O)c1cc(Cl)c2c(c1)OC(C)(C)CO2. The summed E-state index contributed by atoms with van der Waals surface area (Å²) in [5, 5.41) is 10.0. The average molecular weight is 243 g/mol. The summed E-state index contributed by atoms with van der Waals surface area (Å²) in [7, 11) is 0. The molecule has 1 aromatic carbocycles. The predicted octanol–water partition coefficient (Wildman–Crippen LogP) is 2.94. The Kier molecular flexibility index (Phi) is 2.76. The van der Waals surface area contributed by atoms with Gasteiger partial charge in [-0.3, -0.25) is 0 Å². The molecule has 0 spiro atoms. The summed E-state index contributed by atoms with van der Waals surface area (Å²) in [6.07, 6.45) is -0.573. The number of hydrogen-bond donors (Lipinski definition) is 1. The molecule has 1 aliphatic heterocycles. The van der Waals surface area contributed by atoms with Crippen molar-refractivity contribution in [2.24, 2.45) is 0 Å². The van der Waals surface area contributed by atoms with Crippen LogP contribution >= 0.6 is 11.6 Å². The number of aliphatic hydroxyl groups is 1. The van der Waals surface area contributed by atoms with Gasteiger partial charge in [0.2, 0.25) is 0 Å². The predicted molar refractivity (Wildman–Crippen MR) is 62.3 cm³/mol. The second kappa shape index (κ2) is 3.82. The Morgan fingerprint density at radius 1 is 1.44 bits per heavy atom. The summed E-state index contributed by atoms with van der Waals surface area (Å²) >= 11 is 6.07. The highest BCUT2D eigenvalue weighted by atomic mass is 35.5. The number of ether oxygens (including phenoxy) is 2. The second-order valence-corrected chi connectivity index (χ2v) is 5.06. The van der Waals surface area contributed by atoms with Crippen LogP contribution in [-0.4, -0.2) is 17.3 Å². The van der Waals surface area contributed by atoms with E-state index in [-0.39, 0.29) is 5.60 Å². The maximum atomic E-state index is 9.52. The largest absolute Gasteiger partial charge is 0.484 e. The number of halogens is 1. The van der Waals surface area contributed by atoms with Gasteiger partial charge in [0.25, 0.3) is 0 Å². The molecule has 0 amide bonds. The van der Waals surface area contributed by atoms with E-state index in [2.05, 4.69) is 0 Å². The van der Waals surface area contributed by atoms with E-state index in [1.807, 2.05) is 13.8 Å². The molecule has 2 rings (SSSR count). The molecule has 0 bridgehead atoms. The molecule has 0 aliphatic carbocycles. The molecule has 0 radical (unpaired) electrons. The van der Waals surface area contributed by atoms with E-state index < -0.39 is 6.10 Å². The molecule has 1 aliphatic rings. The van der Waals surface area contributed by atoms with Crippen LogP contribution in [0.3, 0.4) is 0 Å².